The molecule has 1 aromatic heterocycles. The number of rotatable bonds is 5. The highest BCUT2D eigenvalue weighted by atomic mass is 16.5. The molecule has 0 atom stereocenters. The van der Waals surface area contributed by atoms with E-state index in [1.165, 1.54) is 0 Å². The molecule has 0 unspecified atom stereocenters. The van der Waals surface area contributed by atoms with E-state index in [0.29, 0.717) is 6.04 Å². The first-order valence-electron chi connectivity index (χ1n) is 7.12. The molecule has 0 spiro atoms. The van der Waals surface area contributed by atoms with Crippen molar-refractivity contribution in [3.8, 4) is 0 Å². The van der Waals surface area contributed by atoms with Crippen molar-refractivity contribution in [1.82, 2.24) is 10.2 Å². The molecular weight excluding hydrogens is 240 g/mol. The number of furan rings is 1. The van der Waals surface area contributed by atoms with Crippen molar-refractivity contribution in [2.45, 2.75) is 52.4 Å². The Morgan fingerprint density at radius 1 is 1.32 bits per heavy atom. The summed E-state index contributed by atoms with van der Waals surface area (Å²) in [6, 6.07) is 4.63. The van der Waals surface area contributed by atoms with Gasteiger partial charge in [0.05, 0.1) is 25.3 Å². The molecule has 1 aliphatic heterocycles. The Hall–Kier alpha value is -0.840. The van der Waals surface area contributed by atoms with E-state index < -0.39 is 0 Å². The fourth-order valence-electron chi connectivity index (χ4n) is 2.38. The van der Waals surface area contributed by atoms with Gasteiger partial charge in [0, 0.05) is 19.1 Å². The first-order chi connectivity index (χ1) is 8.94. The Kier molecular flexibility index (Phi) is 4.66. The lowest BCUT2D eigenvalue weighted by atomic mass is 10.1. The Bertz CT molecular complexity index is 399. The van der Waals surface area contributed by atoms with Gasteiger partial charge in [0.1, 0.15) is 11.5 Å². The van der Waals surface area contributed by atoms with Crippen molar-refractivity contribution in [1.29, 1.82) is 0 Å². The molecule has 0 saturated carbocycles. The van der Waals surface area contributed by atoms with E-state index in [1.807, 2.05) is 0 Å². The van der Waals surface area contributed by atoms with Crippen molar-refractivity contribution < 1.29 is 9.15 Å². The maximum atomic E-state index is 5.86. The van der Waals surface area contributed by atoms with Gasteiger partial charge in [-0.25, -0.2) is 0 Å². The highest BCUT2D eigenvalue weighted by Gasteiger charge is 2.27. The Morgan fingerprint density at radius 2 is 2.05 bits per heavy atom. The van der Waals surface area contributed by atoms with Gasteiger partial charge in [-0.05, 0) is 26.0 Å². The molecule has 0 aromatic carbocycles. The third-order valence-electron chi connectivity index (χ3n) is 3.29. The molecule has 108 valence electrons. The number of morpholine rings is 1. The van der Waals surface area contributed by atoms with E-state index in [0.717, 1.165) is 44.3 Å². The summed E-state index contributed by atoms with van der Waals surface area (Å²) in [7, 11) is 0. The normalized spacial score (nSPS) is 20.1. The fraction of sp³-hybridized carbons (Fsp3) is 0.733. The van der Waals surface area contributed by atoms with Crippen LogP contribution < -0.4 is 5.32 Å². The van der Waals surface area contributed by atoms with E-state index >= 15 is 0 Å². The minimum atomic E-state index is -0.0487. The molecule has 2 rings (SSSR count). The Balaban J connectivity index is 1.85. The van der Waals surface area contributed by atoms with Gasteiger partial charge in [0.25, 0.3) is 0 Å². The zero-order valence-corrected chi connectivity index (χ0v) is 12.5. The lowest BCUT2D eigenvalue weighted by Crippen LogP contribution is -2.47. The molecule has 4 nitrogen and oxygen atoms in total. The second-order valence-electron chi connectivity index (χ2n) is 6.22. The number of hydrogen-bond donors (Lipinski definition) is 1. The average molecular weight is 266 g/mol. The summed E-state index contributed by atoms with van der Waals surface area (Å²) in [6.45, 7) is 12.9. The SMILES string of the molecule is CC(C)NCc1ccc(CN2CCOC(C)(C)C2)o1. The van der Waals surface area contributed by atoms with Gasteiger partial charge in [-0.15, -0.1) is 0 Å². The predicted molar refractivity (Wildman–Crippen MR) is 76.0 cm³/mol. The third kappa shape index (κ3) is 4.64. The van der Waals surface area contributed by atoms with Gasteiger partial charge < -0.3 is 14.5 Å². The second kappa shape index (κ2) is 6.07. The van der Waals surface area contributed by atoms with Crippen molar-refractivity contribution in [2.75, 3.05) is 19.7 Å². The Labute approximate surface area is 116 Å². The first-order valence-corrected chi connectivity index (χ1v) is 7.12. The van der Waals surface area contributed by atoms with Crippen LogP contribution in [0.2, 0.25) is 0 Å². The van der Waals surface area contributed by atoms with Gasteiger partial charge in [-0.1, -0.05) is 13.8 Å². The predicted octanol–water partition coefficient (Wildman–Crippen LogP) is 2.39. The van der Waals surface area contributed by atoms with Gasteiger partial charge in [0.15, 0.2) is 0 Å². The largest absolute Gasteiger partial charge is 0.463 e. The van der Waals surface area contributed by atoms with Crippen LogP contribution in [0.25, 0.3) is 0 Å². The monoisotopic (exact) mass is 266 g/mol. The molecule has 1 N–H and O–H groups in total. The van der Waals surface area contributed by atoms with Crippen LogP contribution in [-0.2, 0) is 17.8 Å². The summed E-state index contributed by atoms with van der Waals surface area (Å²) in [5, 5.41) is 3.36. The summed E-state index contributed by atoms with van der Waals surface area (Å²) in [5.74, 6) is 2.05. The van der Waals surface area contributed by atoms with Gasteiger partial charge in [-0.2, -0.15) is 0 Å². The van der Waals surface area contributed by atoms with Crippen molar-refractivity contribution in [2.24, 2.45) is 0 Å². The Morgan fingerprint density at radius 3 is 2.74 bits per heavy atom. The lowest BCUT2D eigenvalue weighted by molar-refractivity contribution is -0.0894. The molecule has 1 aliphatic rings. The molecule has 0 bridgehead atoms. The highest BCUT2D eigenvalue weighted by molar-refractivity contribution is 5.07. The lowest BCUT2D eigenvalue weighted by Gasteiger charge is -2.37. The van der Waals surface area contributed by atoms with E-state index in [9.17, 15) is 0 Å². The smallest absolute Gasteiger partial charge is 0.118 e. The van der Waals surface area contributed by atoms with Crippen LogP contribution in [0, 0.1) is 0 Å². The molecule has 0 radical (unpaired) electrons. The summed E-state index contributed by atoms with van der Waals surface area (Å²) < 4.78 is 11.6. The van der Waals surface area contributed by atoms with Crippen molar-refractivity contribution >= 4 is 0 Å². The summed E-state index contributed by atoms with van der Waals surface area (Å²) in [4.78, 5) is 2.39. The zero-order valence-electron chi connectivity index (χ0n) is 12.5. The number of ether oxygens (including phenoxy) is 1. The molecule has 1 fully saturated rings. The molecule has 1 saturated heterocycles. The van der Waals surface area contributed by atoms with E-state index in [4.69, 9.17) is 9.15 Å². The molecule has 0 aliphatic carbocycles. The maximum absolute atomic E-state index is 5.86. The number of hydrogen-bond acceptors (Lipinski definition) is 4. The minimum absolute atomic E-state index is 0.0487. The van der Waals surface area contributed by atoms with Crippen LogP contribution >= 0.6 is 0 Å². The van der Waals surface area contributed by atoms with Crippen LogP contribution in [-0.4, -0.2) is 36.2 Å². The third-order valence-corrected chi connectivity index (χ3v) is 3.29. The second-order valence-corrected chi connectivity index (χ2v) is 6.22. The minimum Gasteiger partial charge on any atom is -0.463 e. The van der Waals surface area contributed by atoms with Gasteiger partial charge in [0.2, 0.25) is 0 Å². The molecular formula is C15H26N2O2. The van der Waals surface area contributed by atoms with Crippen LogP contribution in [0.3, 0.4) is 0 Å². The van der Waals surface area contributed by atoms with Crippen molar-refractivity contribution in [3.63, 3.8) is 0 Å². The summed E-state index contributed by atoms with van der Waals surface area (Å²) in [6.07, 6.45) is 0. The molecule has 2 heterocycles. The van der Waals surface area contributed by atoms with Crippen LogP contribution in [0.5, 0.6) is 0 Å². The van der Waals surface area contributed by atoms with Crippen LogP contribution in [0.15, 0.2) is 16.5 Å². The van der Waals surface area contributed by atoms with Crippen LogP contribution in [0.1, 0.15) is 39.2 Å². The van der Waals surface area contributed by atoms with Crippen molar-refractivity contribution in [3.05, 3.63) is 23.7 Å². The van der Waals surface area contributed by atoms with Gasteiger partial charge >= 0.3 is 0 Å². The summed E-state index contributed by atoms with van der Waals surface area (Å²) in [5.41, 5.74) is -0.0487. The molecule has 4 heteroatoms. The molecule has 1 aromatic rings. The standard InChI is InChI=1S/C15H26N2O2/c1-12(2)16-9-13-5-6-14(19-13)10-17-7-8-18-15(3,4)11-17/h5-6,12,16H,7-11H2,1-4H3. The molecule has 19 heavy (non-hydrogen) atoms. The fourth-order valence-corrected chi connectivity index (χ4v) is 2.38. The van der Waals surface area contributed by atoms with Crippen LogP contribution in [0.4, 0.5) is 0 Å². The average Bonchev–Trinajstić information content (AvgIpc) is 2.73. The topological polar surface area (TPSA) is 37.6 Å². The number of nitrogens with one attached hydrogen (secondary N) is 1. The highest BCUT2D eigenvalue weighted by Crippen LogP contribution is 2.19. The zero-order chi connectivity index (χ0) is 13.9. The summed E-state index contributed by atoms with van der Waals surface area (Å²) >= 11 is 0. The van der Waals surface area contributed by atoms with E-state index in [-0.39, 0.29) is 5.60 Å². The van der Waals surface area contributed by atoms with E-state index in [1.54, 1.807) is 0 Å². The quantitative estimate of drug-likeness (QED) is 0.888. The maximum Gasteiger partial charge on any atom is 0.118 e. The van der Waals surface area contributed by atoms with E-state index in [2.05, 4.69) is 50.0 Å². The first kappa shape index (κ1) is 14.6. The van der Waals surface area contributed by atoms with Gasteiger partial charge in [-0.3, -0.25) is 4.90 Å². The molecule has 0 amide bonds. The number of nitrogens with zero attached hydrogens (tertiary/aromatic N) is 1.